The van der Waals surface area contributed by atoms with E-state index in [1.54, 1.807) is 6.20 Å². The van der Waals surface area contributed by atoms with E-state index in [1.807, 2.05) is 6.07 Å². The average Bonchev–Trinajstić information content (AvgIpc) is 2.46. The molecule has 0 fully saturated rings. The zero-order chi connectivity index (χ0) is 14.4. The van der Waals surface area contributed by atoms with Crippen LogP contribution >= 0.6 is 0 Å². The predicted molar refractivity (Wildman–Crippen MR) is 84.6 cm³/mol. The van der Waals surface area contributed by atoms with Gasteiger partial charge in [0.1, 0.15) is 5.82 Å². The highest BCUT2D eigenvalue weighted by Crippen LogP contribution is 2.22. The molecule has 3 N–H and O–H groups in total. The summed E-state index contributed by atoms with van der Waals surface area (Å²) in [5.41, 5.74) is 9.70. The van der Waals surface area contributed by atoms with Crippen LogP contribution in [-0.4, -0.2) is 11.5 Å². The molecule has 0 radical (unpaired) electrons. The highest BCUT2D eigenvalue weighted by Gasteiger charge is 2.14. The fraction of sp³-hybridized carbons (Fsp3) is 0.353. The fourth-order valence-corrected chi connectivity index (χ4v) is 2.30. The van der Waals surface area contributed by atoms with Gasteiger partial charge in [-0.3, -0.25) is 0 Å². The molecule has 1 aromatic heterocycles. The van der Waals surface area contributed by atoms with Crippen LogP contribution in [0.15, 0.2) is 42.6 Å². The highest BCUT2D eigenvalue weighted by molar-refractivity contribution is 5.41. The Morgan fingerprint density at radius 1 is 1.20 bits per heavy atom. The van der Waals surface area contributed by atoms with Crippen molar-refractivity contribution in [2.24, 2.45) is 0 Å². The smallest absolute Gasteiger partial charge is 0.128 e. The number of nitrogen functional groups attached to an aromatic ring is 1. The number of benzene rings is 1. The number of hydrogen-bond donors (Lipinski definition) is 2. The van der Waals surface area contributed by atoms with Crippen molar-refractivity contribution in [2.75, 3.05) is 12.3 Å². The van der Waals surface area contributed by atoms with Gasteiger partial charge in [0.25, 0.3) is 0 Å². The van der Waals surface area contributed by atoms with Crippen LogP contribution in [0.3, 0.4) is 0 Å². The molecule has 0 saturated heterocycles. The number of nitrogens with zero attached hydrogens (tertiary/aromatic N) is 1. The minimum Gasteiger partial charge on any atom is -0.383 e. The van der Waals surface area contributed by atoms with Gasteiger partial charge >= 0.3 is 0 Å². The summed E-state index contributed by atoms with van der Waals surface area (Å²) >= 11 is 0. The summed E-state index contributed by atoms with van der Waals surface area (Å²) in [5, 5.41) is 3.57. The molecule has 1 aromatic carbocycles. The van der Waals surface area contributed by atoms with E-state index in [0.29, 0.717) is 5.82 Å². The average molecular weight is 269 g/mol. The van der Waals surface area contributed by atoms with Crippen LogP contribution in [0.25, 0.3) is 0 Å². The molecule has 106 valence electrons. The molecule has 0 amide bonds. The van der Waals surface area contributed by atoms with Gasteiger partial charge in [-0.25, -0.2) is 4.98 Å². The van der Waals surface area contributed by atoms with Gasteiger partial charge in [0.2, 0.25) is 0 Å². The van der Waals surface area contributed by atoms with Crippen LogP contribution in [0.5, 0.6) is 0 Å². The van der Waals surface area contributed by atoms with E-state index >= 15 is 0 Å². The Hall–Kier alpha value is -1.87. The third-order valence-corrected chi connectivity index (χ3v) is 3.45. The Labute approximate surface area is 121 Å². The first-order valence-electron chi connectivity index (χ1n) is 7.20. The molecule has 3 nitrogen and oxygen atoms in total. The van der Waals surface area contributed by atoms with Gasteiger partial charge in [0, 0.05) is 17.8 Å². The molecule has 0 bridgehead atoms. The number of hydrogen-bond acceptors (Lipinski definition) is 3. The lowest BCUT2D eigenvalue weighted by atomic mass is 9.98. The Morgan fingerprint density at radius 3 is 2.60 bits per heavy atom. The largest absolute Gasteiger partial charge is 0.383 e. The second-order valence-electron chi connectivity index (χ2n) is 5.17. The molecule has 2 aromatic rings. The lowest BCUT2D eigenvalue weighted by Gasteiger charge is -2.20. The Kier molecular flexibility index (Phi) is 5.13. The van der Waals surface area contributed by atoms with Crippen molar-refractivity contribution in [1.82, 2.24) is 10.3 Å². The van der Waals surface area contributed by atoms with E-state index in [0.717, 1.165) is 24.9 Å². The van der Waals surface area contributed by atoms with Crippen LogP contribution < -0.4 is 11.1 Å². The number of aromatic nitrogens is 1. The highest BCUT2D eigenvalue weighted by atomic mass is 14.9. The fourth-order valence-electron chi connectivity index (χ4n) is 2.30. The summed E-state index contributed by atoms with van der Waals surface area (Å²) in [6.07, 6.45) is 3.77. The Balaban J connectivity index is 2.19. The maximum atomic E-state index is 6.02. The quantitative estimate of drug-likeness (QED) is 0.846. The number of rotatable bonds is 6. The van der Waals surface area contributed by atoms with Gasteiger partial charge in [-0.1, -0.05) is 42.8 Å². The maximum absolute atomic E-state index is 6.02. The second-order valence-corrected chi connectivity index (χ2v) is 5.17. The Morgan fingerprint density at radius 2 is 1.95 bits per heavy atom. The van der Waals surface area contributed by atoms with Gasteiger partial charge in [-0.15, -0.1) is 0 Å². The molecule has 0 aliphatic heterocycles. The number of anilines is 1. The third kappa shape index (κ3) is 3.81. The van der Waals surface area contributed by atoms with Crippen molar-refractivity contribution in [2.45, 2.75) is 32.7 Å². The molecule has 1 unspecified atom stereocenters. The second kappa shape index (κ2) is 7.06. The first-order valence-corrected chi connectivity index (χ1v) is 7.20. The first-order chi connectivity index (χ1) is 9.70. The maximum Gasteiger partial charge on any atom is 0.128 e. The van der Waals surface area contributed by atoms with Crippen LogP contribution in [0.4, 0.5) is 5.82 Å². The summed E-state index contributed by atoms with van der Waals surface area (Å²) in [7, 11) is 0. The molecular formula is C17H23N3. The van der Waals surface area contributed by atoms with Crippen molar-refractivity contribution in [3.8, 4) is 0 Å². The van der Waals surface area contributed by atoms with Crippen LogP contribution in [0.2, 0.25) is 0 Å². The third-order valence-electron chi connectivity index (χ3n) is 3.45. The van der Waals surface area contributed by atoms with E-state index in [2.05, 4.69) is 54.5 Å². The lowest BCUT2D eigenvalue weighted by Crippen LogP contribution is -2.25. The summed E-state index contributed by atoms with van der Waals surface area (Å²) in [4.78, 5) is 4.20. The molecule has 1 atom stereocenters. The Bertz CT molecular complexity index is 534. The molecule has 0 aliphatic carbocycles. The molecule has 0 saturated carbocycles. The number of pyridine rings is 1. The normalized spacial score (nSPS) is 12.3. The summed E-state index contributed by atoms with van der Waals surface area (Å²) in [6, 6.07) is 12.9. The molecule has 0 spiro atoms. The molecular weight excluding hydrogens is 246 g/mol. The van der Waals surface area contributed by atoms with E-state index in [4.69, 9.17) is 5.73 Å². The van der Waals surface area contributed by atoms with Gasteiger partial charge in [-0.05, 0) is 37.9 Å². The summed E-state index contributed by atoms with van der Waals surface area (Å²) < 4.78 is 0. The topological polar surface area (TPSA) is 50.9 Å². The van der Waals surface area contributed by atoms with Gasteiger partial charge < -0.3 is 11.1 Å². The van der Waals surface area contributed by atoms with E-state index in [-0.39, 0.29) is 6.04 Å². The zero-order valence-corrected chi connectivity index (χ0v) is 12.3. The van der Waals surface area contributed by atoms with Crippen molar-refractivity contribution in [3.05, 3.63) is 59.3 Å². The minimum absolute atomic E-state index is 0.214. The standard InChI is InChI=1S/C17H23N3/c1-3-10-19-16(15-5-4-11-20-17(15)18)12-14-8-6-13(2)7-9-14/h4-9,11,16,19H,3,10,12H2,1-2H3,(H2,18,20). The first kappa shape index (κ1) is 14.5. The van der Waals surface area contributed by atoms with Crippen molar-refractivity contribution in [1.29, 1.82) is 0 Å². The number of nitrogens with two attached hydrogens (primary N) is 1. The van der Waals surface area contributed by atoms with E-state index < -0.39 is 0 Å². The van der Waals surface area contributed by atoms with Crippen LogP contribution in [0, 0.1) is 6.92 Å². The molecule has 2 rings (SSSR count). The van der Waals surface area contributed by atoms with Crippen LogP contribution in [0.1, 0.15) is 36.1 Å². The predicted octanol–water partition coefficient (Wildman–Crippen LogP) is 3.26. The SMILES string of the molecule is CCCNC(Cc1ccc(C)cc1)c1cccnc1N. The lowest BCUT2D eigenvalue weighted by molar-refractivity contribution is 0.529. The summed E-state index contributed by atoms with van der Waals surface area (Å²) in [6.45, 7) is 5.25. The van der Waals surface area contributed by atoms with E-state index in [1.165, 1.54) is 11.1 Å². The zero-order valence-electron chi connectivity index (χ0n) is 12.3. The monoisotopic (exact) mass is 269 g/mol. The molecule has 20 heavy (non-hydrogen) atoms. The van der Waals surface area contributed by atoms with E-state index in [9.17, 15) is 0 Å². The van der Waals surface area contributed by atoms with Crippen LogP contribution in [-0.2, 0) is 6.42 Å². The molecule has 3 heteroatoms. The van der Waals surface area contributed by atoms with Crippen molar-refractivity contribution >= 4 is 5.82 Å². The van der Waals surface area contributed by atoms with Gasteiger partial charge in [0.15, 0.2) is 0 Å². The number of nitrogens with one attached hydrogen (secondary N) is 1. The van der Waals surface area contributed by atoms with Gasteiger partial charge in [-0.2, -0.15) is 0 Å². The summed E-state index contributed by atoms with van der Waals surface area (Å²) in [5.74, 6) is 0.619. The molecule has 0 aliphatic rings. The minimum atomic E-state index is 0.214. The van der Waals surface area contributed by atoms with Gasteiger partial charge in [0.05, 0.1) is 0 Å². The number of aryl methyl sites for hydroxylation is 1. The van der Waals surface area contributed by atoms with Crippen molar-refractivity contribution < 1.29 is 0 Å². The molecule has 1 heterocycles. The van der Waals surface area contributed by atoms with Crippen molar-refractivity contribution in [3.63, 3.8) is 0 Å².